The maximum absolute atomic E-state index is 11.6. The number of nitrogens with one attached hydrogen (secondary N) is 1. The SMILES string of the molecule is CC(C)NC(=O)C(O)c1cc(C#N)c(N)c(Cl)n1. The number of aliphatic hydroxyl groups is 1. The molecule has 1 rings (SSSR count). The Bertz CT molecular complexity index is 511. The number of nitrogens with two attached hydrogens (primary N) is 1. The van der Waals surface area contributed by atoms with Gasteiger partial charge in [0.25, 0.3) is 5.91 Å². The summed E-state index contributed by atoms with van der Waals surface area (Å²) in [5, 5.41) is 21.0. The lowest BCUT2D eigenvalue weighted by molar-refractivity contribution is -0.130. The van der Waals surface area contributed by atoms with Gasteiger partial charge in [-0.05, 0) is 19.9 Å². The summed E-state index contributed by atoms with van der Waals surface area (Å²) in [5.74, 6) is -0.609. The third-order valence-corrected chi connectivity index (χ3v) is 2.40. The molecule has 0 fully saturated rings. The molecule has 0 aliphatic carbocycles. The van der Waals surface area contributed by atoms with Crippen molar-refractivity contribution >= 4 is 23.2 Å². The molecule has 1 aromatic heterocycles. The average molecular weight is 269 g/mol. The van der Waals surface area contributed by atoms with Crippen LogP contribution < -0.4 is 11.1 Å². The number of nitrogens with zero attached hydrogens (tertiary/aromatic N) is 2. The van der Waals surface area contributed by atoms with E-state index in [1.165, 1.54) is 6.07 Å². The lowest BCUT2D eigenvalue weighted by Gasteiger charge is -2.14. The third-order valence-electron chi connectivity index (χ3n) is 2.11. The van der Waals surface area contributed by atoms with E-state index in [0.717, 1.165) is 0 Å². The van der Waals surface area contributed by atoms with Crippen LogP contribution >= 0.6 is 11.6 Å². The number of carbonyl (C=O) groups excluding carboxylic acids is 1. The van der Waals surface area contributed by atoms with Gasteiger partial charge in [-0.2, -0.15) is 5.26 Å². The molecule has 0 saturated heterocycles. The molecule has 18 heavy (non-hydrogen) atoms. The molecule has 0 aromatic carbocycles. The zero-order valence-electron chi connectivity index (χ0n) is 9.94. The minimum absolute atomic E-state index is 0.0103. The van der Waals surface area contributed by atoms with Crippen LogP contribution in [0.3, 0.4) is 0 Å². The van der Waals surface area contributed by atoms with Gasteiger partial charge < -0.3 is 16.2 Å². The number of halogens is 1. The second-order valence-electron chi connectivity index (χ2n) is 3.98. The topological polar surface area (TPSA) is 112 Å². The Morgan fingerprint density at radius 1 is 1.67 bits per heavy atom. The summed E-state index contributed by atoms with van der Waals surface area (Å²) in [6, 6.07) is 2.94. The normalized spacial score (nSPS) is 12.0. The molecule has 4 N–H and O–H groups in total. The first-order valence-electron chi connectivity index (χ1n) is 5.21. The van der Waals surface area contributed by atoms with Gasteiger partial charge in [0.2, 0.25) is 0 Å². The maximum Gasteiger partial charge on any atom is 0.255 e. The van der Waals surface area contributed by atoms with Gasteiger partial charge in [-0.3, -0.25) is 4.79 Å². The largest absolute Gasteiger partial charge is 0.395 e. The number of anilines is 1. The van der Waals surface area contributed by atoms with E-state index in [0.29, 0.717) is 0 Å². The number of aromatic nitrogens is 1. The number of hydrogen-bond donors (Lipinski definition) is 3. The highest BCUT2D eigenvalue weighted by molar-refractivity contribution is 6.32. The summed E-state index contributed by atoms with van der Waals surface area (Å²) in [6.07, 6.45) is -1.49. The molecule has 1 atom stereocenters. The van der Waals surface area contributed by atoms with Crippen molar-refractivity contribution in [2.24, 2.45) is 0 Å². The predicted molar refractivity (Wildman–Crippen MR) is 66.6 cm³/mol. The summed E-state index contributed by atoms with van der Waals surface area (Å²) in [6.45, 7) is 3.52. The van der Waals surface area contributed by atoms with Crippen LogP contribution in [-0.4, -0.2) is 22.0 Å². The Labute approximate surface area is 109 Å². The average Bonchev–Trinajstić information content (AvgIpc) is 2.30. The van der Waals surface area contributed by atoms with Crippen LogP contribution in [0, 0.1) is 11.3 Å². The fraction of sp³-hybridized carbons (Fsp3) is 0.364. The molecule has 7 heteroatoms. The van der Waals surface area contributed by atoms with Crippen molar-refractivity contribution in [2.75, 3.05) is 5.73 Å². The van der Waals surface area contributed by atoms with Crippen molar-refractivity contribution in [3.63, 3.8) is 0 Å². The van der Waals surface area contributed by atoms with Crippen LogP contribution in [0.5, 0.6) is 0 Å². The van der Waals surface area contributed by atoms with Crippen LogP contribution in [0.25, 0.3) is 0 Å². The van der Waals surface area contributed by atoms with Crippen LogP contribution in [0.4, 0.5) is 5.69 Å². The molecule has 0 radical (unpaired) electrons. The number of hydrogen-bond acceptors (Lipinski definition) is 5. The number of aliphatic hydroxyl groups excluding tert-OH is 1. The molecule has 0 aliphatic heterocycles. The molecule has 96 valence electrons. The van der Waals surface area contributed by atoms with Gasteiger partial charge in [0, 0.05) is 6.04 Å². The molecular weight excluding hydrogens is 256 g/mol. The Morgan fingerprint density at radius 3 is 2.78 bits per heavy atom. The van der Waals surface area contributed by atoms with E-state index in [2.05, 4.69) is 10.3 Å². The predicted octanol–water partition coefficient (Wildman–Crippen LogP) is 0.747. The van der Waals surface area contributed by atoms with E-state index in [9.17, 15) is 9.90 Å². The molecular formula is C11H13ClN4O2. The first-order chi connectivity index (χ1) is 8.36. The second kappa shape index (κ2) is 5.67. The summed E-state index contributed by atoms with van der Waals surface area (Å²) in [5.41, 5.74) is 5.61. The summed E-state index contributed by atoms with van der Waals surface area (Å²) in [4.78, 5) is 15.4. The van der Waals surface area contributed by atoms with Crippen LogP contribution in [-0.2, 0) is 4.79 Å². The molecule has 6 nitrogen and oxygen atoms in total. The fourth-order valence-corrected chi connectivity index (χ4v) is 1.47. The van der Waals surface area contributed by atoms with Crippen LogP contribution in [0.1, 0.15) is 31.2 Å². The van der Waals surface area contributed by atoms with E-state index < -0.39 is 12.0 Å². The molecule has 1 heterocycles. The Hall–Kier alpha value is -1.84. The number of nitrogen functional groups attached to an aromatic ring is 1. The van der Waals surface area contributed by atoms with Gasteiger partial charge in [0.05, 0.1) is 16.9 Å². The lowest BCUT2D eigenvalue weighted by atomic mass is 10.1. The Morgan fingerprint density at radius 2 is 2.28 bits per heavy atom. The summed E-state index contributed by atoms with van der Waals surface area (Å²) >= 11 is 5.72. The number of nitriles is 1. The minimum Gasteiger partial charge on any atom is -0.395 e. The zero-order chi connectivity index (χ0) is 13.9. The van der Waals surface area contributed by atoms with Crippen molar-refractivity contribution in [2.45, 2.75) is 26.0 Å². The Kier molecular flexibility index (Phi) is 4.48. The van der Waals surface area contributed by atoms with E-state index in [4.69, 9.17) is 22.6 Å². The van der Waals surface area contributed by atoms with E-state index >= 15 is 0 Å². The van der Waals surface area contributed by atoms with Crippen molar-refractivity contribution in [3.8, 4) is 6.07 Å². The number of pyridine rings is 1. The van der Waals surface area contributed by atoms with Gasteiger partial charge in [0.15, 0.2) is 11.3 Å². The number of carbonyl (C=O) groups is 1. The van der Waals surface area contributed by atoms with Crippen LogP contribution in [0.2, 0.25) is 5.15 Å². The van der Waals surface area contributed by atoms with Gasteiger partial charge in [-0.25, -0.2) is 4.98 Å². The highest BCUT2D eigenvalue weighted by atomic mass is 35.5. The summed E-state index contributed by atoms with van der Waals surface area (Å²) < 4.78 is 0. The molecule has 0 aliphatic rings. The number of rotatable bonds is 3. The van der Waals surface area contributed by atoms with E-state index in [1.54, 1.807) is 13.8 Å². The summed E-state index contributed by atoms with van der Waals surface area (Å²) in [7, 11) is 0. The van der Waals surface area contributed by atoms with Crippen molar-refractivity contribution < 1.29 is 9.90 Å². The quantitative estimate of drug-likeness (QED) is 0.700. The van der Waals surface area contributed by atoms with Gasteiger partial charge in [0.1, 0.15) is 6.07 Å². The van der Waals surface area contributed by atoms with Crippen molar-refractivity contribution in [1.29, 1.82) is 5.26 Å². The second-order valence-corrected chi connectivity index (χ2v) is 4.33. The molecule has 1 aromatic rings. The first-order valence-corrected chi connectivity index (χ1v) is 5.59. The minimum atomic E-state index is -1.49. The van der Waals surface area contributed by atoms with E-state index in [1.807, 2.05) is 6.07 Å². The van der Waals surface area contributed by atoms with Gasteiger partial charge >= 0.3 is 0 Å². The smallest absolute Gasteiger partial charge is 0.255 e. The van der Waals surface area contributed by atoms with Gasteiger partial charge in [-0.1, -0.05) is 11.6 Å². The fourth-order valence-electron chi connectivity index (χ4n) is 1.27. The highest BCUT2D eigenvalue weighted by Gasteiger charge is 2.21. The standard InChI is InChI=1S/C11H13ClN4O2/c1-5(2)15-11(18)9(17)7-3-6(4-13)8(14)10(12)16-7/h3,5,9,17H,14H2,1-2H3,(H,15,18). The monoisotopic (exact) mass is 268 g/mol. The maximum atomic E-state index is 11.6. The zero-order valence-corrected chi connectivity index (χ0v) is 10.7. The Balaban J connectivity index is 3.07. The van der Waals surface area contributed by atoms with Crippen molar-refractivity contribution in [1.82, 2.24) is 10.3 Å². The van der Waals surface area contributed by atoms with Crippen LogP contribution in [0.15, 0.2) is 6.07 Å². The molecule has 1 amide bonds. The first kappa shape index (κ1) is 14.2. The molecule has 1 unspecified atom stereocenters. The molecule has 0 bridgehead atoms. The van der Waals surface area contributed by atoms with E-state index in [-0.39, 0.29) is 28.1 Å². The molecule has 0 saturated carbocycles. The van der Waals surface area contributed by atoms with Gasteiger partial charge in [-0.15, -0.1) is 0 Å². The third kappa shape index (κ3) is 3.09. The lowest BCUT2D eigenvalue weighted by Crippen LogP contribution is -2.34. The highest BCUT2D eigenvalue weighted by Crippen LogP contribution is 2.24. The number of amides is 1. The molecule has 0 spiro atoms. The van der Waals surface area contributed by atoms with Crippen molar-refractivity contribution in [3.05, 3.63) is 22.5 Å².